The SMILES string of the molecule is CCC(=O)C(CC(C)C)NC(=O)C1(NC(=O)c2ccccc2)CCCCC1. The monoisotopic (exact) mass is 372 g/mol. The summed E-state index contributed by atoms with van der Waals surface area (Å²) in [7, 11) is 0. The molecule has 5 heteroatoms. The van der Waals surface area contributed by atoms with Gasteiger partial charge in [0.05, 0.1) is 6.04 Å². The molecule has 1 atom stereocenters. The van der Waals surface area contributed by atoms with Crippen LogP contribution in [0.5, 0.6) is 0 Å². The molecule has 0 bridgehead atoms. The molecule has 0 aromatic heterocycles. The fraction of sp³-hybridized carbons (Fsp3) is 0.591. The maximum Gasteiger partial charge on any atom is 0.252 e. The standard InChI is InChI=1S/C22H32N2O3/c1-4-19(25)18(15-16(2)3)23-21(27)22(13-9-6-10-14-22)24-20(26)17-11-7-5-8-12-17/h5,7-8,11-12,16,18H,4,6,9-10,13-15H2,1-3H3,(H,23,27)(H,24,26). The Labute approximate surface area is 162 Å². The number of carbonyl (C=O) groups excluding carboxylic acids is 3. The van der Waals surface area contributed by atoms with Crippen molar-refractivity contribution in [2.45, 2.75) is 77.3 Å². The molecule has 1 aromatic carbocycles. The highest BCUT2D eigenvalue weighted by Gasteiger charge is 2.42. The van der Waals surface area contributed by atoms with Crippen LogP contribution in [0.2, 0.25) is 0 Å². The molecule has 1 aliphatic carbocycles. The third-order valence-corrected chi connectivity index (χ3v) is 5.28. The Kier molecular flexibility index (Phi) is 7.57. The van der Waals surface area contributed by atoms with Gasteiger partial charge in [0.15, 0.2) is 5.78 Å². The highest BCUT2D eigenvalue weighted by Crippen LogP contribution is 2.29. The third kappa shape index (κ3) is 5.65. The highest BCUT2D eigenvalue weighted by atomic mass is 16.2. The zero-order chi connectivity index (χ0) is 19.9. The van der Waals surface area contributed by atoms with Crippen molar-refractivity contribution in [1.82, 2.24) is 10.6 Å². The molecule has 2 amide bonds. The number of rotatable bonds is 8. The van der Waals surface area contributed by atoms with Gasteiger partial charge in [-0.15, -0.1) is 0 Å². The zero-order valence-corrected chi connectivity index (χ0v) is 16.7. The van der Waals surface area contributed by atoms with Gasteiger partial charge in [-0.05, 0) is 37.3 Å². The number of carbonyl (C=O) groups is 3. The first kappa shape index (κ1) is 21.1. The number of nitrogens with one attached hydrogen (secondary N) is 2. The van der Waals surface area contributed by atoms with E-state index in [2.05, 4.69) is 10.6 Å². The number of hydrogen-bond donors (Lipinski definition) is 2. The van der Waals surface area contributed by atoms with Crippen molar-refractivity contribution in [3.05, 3.63) is 35.9 Å². The molecule has 1 saturated carbocycles. The van der Waals surface area contributed by atoms with Crippen LogP contribution in [-0.4, -0.2) is 29.2 Å². The quantitative estimate of drug-likeness (QED) is 0.732. The van der Waals surface area contributed by atoms with E-state index in [1.807, 2.05) is 26.8 Å². The maximum atomic E-state index is 13.2. The van der Waals surface area contributed by atoms with Crippen molar-refractivity contribution in [1.29, 1.82) is 0 Å². The maximum absolute atomic E-state index is 13.2. The molecular formula is C22H32N2O3. The summed E-state index contributed by atoms with van der Waals surface area (Å²) < 4.78 is 0. The molecule has 2 N–H and O–H groups in total. The average molecular weight is 373 g/mol. The molecule has 1 aliphatic rings. The van der Waals surface area contributed by atoms with E-state index in [1.54, 1.807) is 24.3 Å². The molecule has 148 valence electrons. The lowest BCUT2D eigenvalue weighted by Crippen LogP contribution is -2.62. The van der Waals surface area contributed by atoms with Gasteiger partial charge in [0.25, 0.3) is 5.91 Å². The highest BCUT2D eigenvalue weighted by molar-refractivity contribution is 6.00. The second-order valence-electron chi connectivity index (χ2n) is 7.94. The Balaban J connectivity index is 2.19. The summed E-state index contributed by atoms with van der Waals surface area (Å²) in [6.07, 6.45) is 5.04. The van der Waals surface area contributed by atoms with Crippen molar-refractivity contribution >= 4 is 17.6 Å². The third-order valence-electron chi connectivity index (χ3n) is 5.28. The van der Waals surface area contributed by atoms with Gasteiger partial charge in [-0.1, -0.05) is 58.2 Å². The molecule has 5 nitrogen and oxygen atoms in total. The summed E-state index contributed by atoms with van der Waals surface area (Å²) in [5, 5.41) is 5.97. The lowest BCUT2D eigenvalue weighted by atomic mass is 9.80. The van der Waals surface area contributed by atoms with Gasteiger partial charge in [0.1, 0.15) is 5.54 Å². The molecule has 0 radical (unpaired) electrons. The van der Waals surface area contributed by atoms with Crippen LogP contribution < -0.4 is 10.6 Å². The normalized spacial score (nSPS) is 17.2. The van der Waals surface area contributed by atoms with Crippen LogP contribution in [0.1, 0.15) is 76.1 Å². The van der Waals surface area contributed by atoms with Gasteiger partial charge in [-0.2, -0.15) is 0 Å². The minimum atomic E-state index is -0.936. The molecule has 0 saturated heterocycles. The van der Waals surface area contributed by atoms with Crippen molar-refractivity contribution in [3.63, 3.8) is 0 Å². The predicted molar refractivity (Wildman–Crippen MR) is 106 cm³/mol. The molecule has 0 aliphatic heterocycles. The Morgan fingerprint density at radius 2 is 1.67 bits per heavy atom. The van der Waals surface area contributed by atoms with Gasteiger partial charge >= 0.3 is 0 Å². The fourth-order valence-corrected chi connectivity index (χ4v) is 3.73. The van der Waals surface area contributed by atoms with Crippen LogP contribution in [0.4, 0.5) is 0 Å². The number of Topliss-reactive ketones (excluding diaryl/α,β-unsaturated/α-hetero) is 1. The van der Waals surface area contributed by atoms with Gasteiger partial charge < -0.3 is 10.6 Å². The first-order valence-corrected chi connectivity index (χ1v) is 10.1. The van der Waals surface area contributed by atoms with E-state index in [4.69, 9.17) is 0 Å². The summed E-state index contributed by atoms with van der Waals surface area (Å²) in [6, 6.07) is 8.46. The van der Waals surface area contributed by atoms with Gasteiger partial charge in [-0.3, -0.25) is 14.4 Å². The lowest BCUT2D eigenvalue weighted by molar-refractivity contribution is -0.133. The Hall–Kier alpha value is -2.17. The predicted octanol–water partition coefficient (Wildman–Crippen LogP) is 3.63. The minimum absolute atomic E-state index is 0.0393. The van der Waals surface area contributed by atoms with Gasteiger partial charge in [-0.25, -0.2) is 0 Å². The Morgan fingerprint density at radius 3 is 2.22 bits per heavy atom. The van der Waals surface area contributed by atoms with E-state index in [0.717, 1.165) is 19.3 Å². The van der Waals surface area contributed by atoms with Crippen LogP contribution in [0.3, 0.4) is 0 Å². The van der Waals surface area contributed by atoms with Crippen molar-refractivity contribution in [3.8, 4) is 0 Å². The number of ketones is 1. The topological polar surface area (TPSA) is 75.3 Å². The summed E-state index contributed by atoms with van der Waals surface area (Å²) in [5.74, 6) is -0.127. The van der Waals surface area contributed by atoms with Crippen LogP contribution >= 0.6 is 0 Å². The molecule has 27 heavy (non-hydrogen) atoms. The van der Waals surface area contributed by atoms with Crippen LogP contribution in [0, 0.1) is 5.92 Å². The van der Waals surface area contributed by atoms with Crippen LogP contribution in [0.15, 0.2) is 30.3 Å². The molecule has 0 spiro atoms. The number of hydrogen-bond acceptors (Lipinski definition) is 3. The summed E-state index contributed by atoms with van der Waals surface area (Å²) in [4.78, 5) is 38.3. The average Bonchev–Trinajstić information content (AvgIpc) is 2.67. The van der Waals surface area contributed by atoms with E-state index < -0.39 is 11.6 Å². The number of benzene rings is 1. The lowest BCUT2D eigenvalue weighted by Gasteiger charge is -2.37. The van der Waals surface area contributed by atoms with E-state index in [0.29, 0.717) is 37.2 Å². The summed E-state index contributed by atoms with van der Waals surface area (Å²) in [5.41, 5.74) is -0.396. The van der Waals surface area contributed by atoms with E-state index in [-0.39, 0.29) is 17.6 Å². The van der Waals surface area contributed by atoms with Crippen molar-refractivity contribution in [2.75, 3.05) is 0 Å². The molecular weight excluding hydrogens is 340 g/mol. The first-order valence-electron chi connectivity index (χ1n) is 10.1. The fourth-order valence-electron chi connectivity index (χ4n) is 3.73. The summed E-state index contributed by atoms with van der Waals surface area (Å²) in [6.45, 7) is 5.89. The number of amides is 2. The smallest absolute Gasteiger partial charge is 0.252 e. The van der Waals surface area contributed by atoms with Crippen LogP contribution in [0.25, 0.3) is 0 Å². The van der Waals surface area contributed by atoms with Gasteiger partial charge in [0.2, 0.25) is 5.91 Å². The Morgan fingerprint density at radius 1 is 1.04 bits per heavy atom. The molecule has 1 aromatic rings. The van der Waals surface area contributed by atoms with Crippen LogP contribution in [-0.2, 0) is 9.59 Å². The first-order chi connectivity index (χ1) is 12.9. The van der Waals surface area contributed by atoms with Crippen molar-refractivity contribution in [2.24, 2.45) is 5.92 Å². The minimum Gasteiger partial charge on any atom is -0.344 e. The Bertz CT molecular complexity index is 649. The summed E-state index contributed by atoms with van der Waals surface area (Å²) >= 11 is 0. The van der Waals surface area contributed by atoms with Gasteiger partial charge in [0, 0.05) is 12.0 Å². The van der Waals surface area contributed by atoms with E-state index in [9.17, 15) is 14.4 Å². The van der Waals surface area contributed by atoms with Crippen molar-refractivity contribution < 1.29 is 14.4 Å². The zero-order valence-electron chi connectivity index (χ0n) is 16.7. The van der Waals surface area contributed by atoms with E-state index >= 15 is 0 Å². The largest absolute Gasteiger partial charge is 0.344 e. The molecule has 0 heterocycles. The van der Waals surface area contributed by atoms with E-state index in [1.165, 1.54) is 0 Å². The molecule has 1 unspecified atom stereocenters. The molecule has 2 rings (SSSR count). The molecule has 1 fully saturated rings. The second-order valence-corrected chi connectivity index (χ2v) is 7.94. The second kappa shape index (κ2) is 9.67.